The summed E-state index contributed by atoms with van der Waals surface area (Å²) in [5, 5.41) is 3.64. The summed E-state index contributed by atoms with van der Waals surface area (Å²) >= 11 is 0. The van der Waals surface area contributed by atoms with Crippen LogP contribution >= 0.6 is 0 Å². The minimum atomic E-state index is -0.162. The van der Waals surface area contributed by atoms with Crippen molar-refractivity contribution in [2.75, 3.05) is 0 Å². The summed E-state index contributed by atoms with van der Waals surface area (Å²) in [4.78, 5) is 0. The van der Waals surface area contributed by atoms with Crippen molar-refractivity contribution >= 4 is 0 Å². The molecule has 0 saturated heterocycles. The van der Waals surface area contributed by atoms with E-state index < -0.39 is 0 Å². The van der Waals surface area contributed by atoms with Crippen molar-refractivity contribution in [3.8, 4) is 0 Å². The molecule has 0 spiro atoms. The molecule has 1 N–H and O–H groups in total. The van der Waals surface area contributed by atoms with Gasteiger partial charge in [-0.3, -0.25) is 0 Å². The van der Waals surface area contributed by atoms with Gasteiger partial charge in [-0.2, -0.15) is 0 Å². The Balaban J connectivity index is 1.91. The summed E-state index contributed by atoms with van der Waals surface area (Å²) in [7, 11) is 0. The molecule has 94 valence electrons. The summed E-state index contributed by atoms with van der Waals surface area (Å²) in [5.74, 6) is 0.655. The Morgan fingerprint density at radius 1 is 1.12 bits per heavy atom. The maximum atomic E-state index is 12.8. The van der Waals surface area contributed by atoms with Crippen LogP contribution in [0.3, 0.4) is 0 Å². The van der Waals surface area contributed by atoms with Crippen LogP contribution in [0, 0.1) is 11.7 Å². The van der Waals surface area contributed by atoms with Crippen molar-refractivity contribution in [2.45, 2.75) is 51.6 Å². The second-order valence-corrected chi connectivity index (χ2v) is 5.27. The van der Waals surface area contributed by atoms with Gasteiger partial charge in [-0.15, -0.1) is 0 Å². The zero-order valence-electron chi connectivity index (χ0n) is 10.7. The van der Waals surface area contributed by atoms with Gasteiger partial charge in [0, 0.05) is 12.1 Å². The Bertz CT molecular complexity index is 340. The Kier molecular flexibility index (Phi) is 4.16. The largest absolute Gasteiger partial charge is 0.307 e. The smallest absolute Gasteiger partial charge is 0.123 e. The third-order valence-electron chi connectivity index (χ3n) is 3.99. The predicted molar refractivity (Wildman–Crippen MR) is 69.4 cm³/mol. The van der Waals surface area contributed by atoms with Gasteiger partial charge in [0.15, 0.2) is 0 Å². The third kappa shape index (κ3) is 3.29. The number of rotatable bonds is 4. The molecule has 17 heavy (non-hydrogen) atoms. The van der Waals surface area contributed by atoms with Crippen molar-refractivity contribution in [3.63, 3.8) is 0 Å². The Morgan fingerprint density at radius 2 is 1.71 bits per heavy atom. The number of hydrogen-bond donors (Lipinski definition) is 1. The third-order valence-corrected chi connectivity index (χ3v) is 3.99. The van der Waals surface area contributed by atoms with E-state index in [9.17, 15) is 4.39 Å². The van der Waals surface area contributed by atoms with E-state index in [1.54, 1.807) is 0 Å². The van der Waals surface area contributed by atoms with Crippen LogP contribution in [0.4, 0.5) is 4.39 Å². The monoisotopic (exact) mass is 235 g/mol. The van der Waals surface area contributed by atoms with E-state index in [1.165, 1.54) is 37.8 Å². The molecule has 2 atom stereocenters. The highest BCUT2D eigenvalue weighted by atomic mass is 19.1. The molecule has 1 saturated carbocycles. The van der Waals surface area contributed by atoms with Gasteiger partial charge in [-0.1, -0.05) is 25.0 Å². The van der Waals surface area contributed by atoms with Crippen LogP contribution < -0.4 is 5.32 Å². The standard InChI is InChI=1S/C15H22FN/c1-11(13-5-3-4-6-13)17-12(2)14-7-9-15(16)10-8-14/h7-13,17H,3-6H2,1-2H3/t11?,12-/m1/s1. The first-order valence-corrected chi connectivity index (χ1v) is 6.68. The van der Waals surface area contributed by atoms with E-state index in [0.29, 0.717) is 12.1 Å². The highest BCUT2D eigenvalue weighted by molar-refractivity contribution is 5.19. The van der Waals surface area contributed by atoms with Gasteiger partial charge in [0.25, 0.3) is 0 Å². The molecule has 1 aliphatic rings. The van der Waals surface area contributed by atoms with Crippen LogP contribution in [0.2, 0.25) is 0 Å². The molecule has 1 nitrogen and oxygen atoms in total. The lowest BCUT2D eigenvalue weighted by atomic mass is 9.98. The molecule has 1 aliphatic carbocycles. The molecule has 1 unspecified atom stereocenters. The summed E-state index contributed by atoms with van der Waals surface area (Å²) in [6.45, 7) is 4.43. The molecule has 0 amide bonds. The van der Waals surface area contributed by atoms with Crippen LogP contribution in [0.5, 0.6) is 0 Å². The maximum Gasteiger partial charge on any atom is 0.123 e. The number of benzene rings is 1. The summed E-state index contributed by atoms with van der Waals surface area (Å²) in [6.07, 6.45) is 5.46. The van der Waals surface area contributed by atoms with E-state index in [4.69, 9.17) is 0 Å². The van der Waals surface area contributed by atoms with Crippen molar-refractivity contribution in [1.82, 2.24) is 5.32 Å². The van der Waals surface area contributed by atoms with Crippen LogP contribution in [-0.2, 0) is 0 Å². The fourth-order valence-electron chi connectivity index (χ4n) is 2.84. The van der Waals surface area contributed by atoms with E-state index in [0.717, 1.165) is 11.5 Å². The average Bonchev–Trinajstić information content (AvgIpc) is 2.83. The number of halogens is 1. The van der Waals surface area contributed by atoms with Gasteiger partial charge < -0.3 is 5.32 Å². The Hall–Kier alpha value is -0.890. The molecule has 0 aromatic heterocycles. The van der Waals surface area contributed by atoms with Crippen molar-refractivity contribution < 1.29 is 4.39 Å². The highest BCUT2D eigenvalue weighted by Crippen LogP contribution is 2.28. The lowest BCUT2D eigenvalue weighted by Gasteiger charge is -2.25. The SMILES string of the molecule is CC(N[C@H](C)c1ccc(F)cc1)C1CCCC1. The zero-order valence-corrected chi connectivity index (χ0v) is 10.7. The second-order valence-electron chi connectivity index (χ2n) is 5.27. The summed E-state index contributed by atoms with van der Waals surface area (Å²) in [6, 6.07) is 7.66. The Morgan fingerprint density at radius 3 is 2.29 bits per heavy atom. The second kappa shape index (κ2) is 5.63. The molecule has 2 heteroatoms. The quantitative estimate of drug-likeness (QED) is 0.830. The minimum absolute atomic E-state index is 0.162. The molecule has 1 aromatic rings. The average molecular weight is 235 g/mol. The lowest BCUT2D eigenvalue weighted by Crippen LogP contribution is -2.34. The van der Waals surface area contributed by atoms with Gasteiger partial charge in [0.2, 0.25) is 0 Å². The first kappa shape index (κ1) is 12.6. The lowest BCUT2D eigenvalue weighted by molar-refractivity contribution is 0.352. The first-order chi connectivity index (χ1) is 8.16. The molecular weight excluding hydrogens is 213 g/mol. The molecule has 0 radical (unpaired) electrons. The molecule has 0 bridgehead atoms. The molecule has 0 aliphatic heterocycles. The van der Waals surface area contributed by atoms with Gasteiger partial charge in [0.05, 0.1) is 0 Å². The van der Waals surface area contributed by atoms with E-state index in [1.807, 2.05) is 12.1 Å². The fourth-order valence-corrected chi connectivity index (χ4v) is 2.84. The van der Waals surface area contributed by atoms with Gasteiger partial charge in [-0.05, 0) is 50.3 Å². The predicted octanol–water partition coefficient (Wildman–Crippen LogP) is 4.06. The van der Waals surface area contributed by atoms with Gasteiger partial charge in [0.1, 0.15) is 5.82 Å². The Labute approximate surface area is 103 Å². The zero-order chi connectivity index (χ0) is 12.3. The van der Waals surface area contributed by atoms with Crippen molar-refractivity contribution in [1.29, 1.82) is 0 Å². The fraction of sp³-hybridized carbons (Fsp3) is 0.600. The van der Waals surface area contributed by atoms with Crippen molar-refractivity contribution in [3.05, 3.63) is 35.6 Å². The molecule has 1 fully saturated rings. The van der Waals surface area contributed by atoms with Crippen LogP contribution in [0.25, 0.3) is 0 Å². The van der Waals surface area contributed by atoms with Gasteiger partial charge >= 0.3 is 0 Å². The minimum Gasteiger partial charge on any atom is -0.307 e. The molecule has 0 heterocycles. The molecule has 2 rings (SSSR count). The normalized spacial score (nSPS) is 20.4. The first-order valence-electron chi connectivity index (χ1n) is 6.68. The topological polar surface area (TPSA) is 12.0 Å². The van der Waals surface area contributed by atoms with Crippen LogP contribution in [0.1, 0.15) is 51.1 Å². The van der Waals surface area contributed by atoms with Gasteiger partial charge in [-0.25, -0.2) is 4.39 Å². The molecule has 1 aromatic carbocycles. The number of hydrogen-bond acceptors (Lipinski definition) is 1. The van der Waals surface area contributed by atoms with E-state index >= 15 is 0 Å². The molecular formula is C15H22FN. The van der Waals surface area contributed by atoms with Crippen LogP contribution in [0.15, 0.2) is 24.3 Å². The highest BCUT2D eigenvalue weighted by Gasteiger charge is 2.22. The van der Waals surface area contributed by atoms with E-state index in [-0.39, 0.29) is 5.82 Å². The number of nitrogens with one attached hydrogen (secondary N) is 1. The van der Waals surface area contributed by atoms with Crippen LogP contribution in [-0.4, -0.2) is 6.04 Å². The van der Waals surface area contributed by atoms with Crippen molar-refractivity contribution in [2.24, 2.45) is 5.92 Å². The van der Waals surface area contributed by atoms with E-state index in [2.05, 4.69) is 19.2 Å². The summed E-state index contributed by atoms with van der Waals surface area (Å²) in [5.41, 5.74) is 1.16. The maximum absolute atomic E-state index is 12.8. The summed E-state index contributed by atoms with van der Waals surface area (Å²) < 4.78 is 12.8.